The van der Waals surface area contributed by atoms with E-state index in [0.717, 1.165) is 25.5 Å². The fraction of sp³-hybridized carbons (Fsp3) is 1.00. The molecule has 3 unspecified atom stereocenters. The van der Waals surface area contributed by atoms with Gasteiger partial charge >= 0.3 is 0 Å². The van der Waals surface area contributed by atoms with Crippen LogP contribution in [0.5, 0.6) is 0 Å². The monoisotopic (exact) mass is 283 g/mol. The highest BCUT2D eigenvalue weighted by Crippen LogP contribution is 2.30. The van der Waals surface area contributed by atoms with Crippen LogP contribution in [0, 0.1) is 11.3 Å². The topological polar surface area (TPSA) is 21.3 Å². The van der Waals surface area contributed by atoms with Gasteiger partial charge in [0.15, 0.2) is 0 Å². The van der Waals surface area contributed by atoms with E-state index in [4.69, 9.17) is 4.74 Å². The van der Waals surface area contributed by atoms with Crippen molar-refractivity contribution < 1.29 is 4.74 Å². The van der Waals surface area contributed by atoms with Crippen molar-refractivity contribution in [2.75, 3.05) is 13.2 Å². The molecule has 0 spiro atoms. The summed E-state index contributed by atoms with van der Waals surface area (Å²) in [4.78, 5) is 0. The summed E-state index contributed by atoms with van der Waals surface area (Å²) in [6.07, 6.45) is 9.44. The Bertz CT molecular complexity index is 246. The van der Waals surface area contributed by atoms with Gasteiger partial charge in [-0.25, -0.2) is 0 Å². The summed E-state index contributed by atoms with van der Waals surface area (Å²) in [6.45, 7) is 13.5. The molecule has 3 atom stereocenters. The van der Waals surface area contributed by atoms with Gasteiger partial charge in [-0.3, -0.25) is 0 Å². The molecule has 0 amide bonds. The predicted octanol–water partition coefficient (Wildman–Crippen LogP) is 4.78. The summed E-state index contributed by atoms with van der Waals surface area (Å²) >= 11 is 0. The van der Waals surface area contributed by atoms with Crippen LogP contribution in [0.2, 0.25) is 0 Å². The van der Waals surface area contributed by atoms with Gasteiger partial charge in [-0.2, -0.15) is 0 Å². The third-order valence-electron chi connectivity index (χ3n) is 4.44. The van der Waals surface area contributed by atoms with Gasteiger partial charge in [0.1, 0.15) is 0 Å². The van der Waals surface area contributed by atoms with E-state index in [1.165, 1.54) is 38.5 Å². The van der Waals surface area contributed by atoms with Gasteiger partial charge in [0.25, 0.3) is 0 Å². The van der Waals surface area contributed by atoms with Gasteiger partial charge in [-0.05, 0) is 50.0 Å². The maximum absolute atomic E-state index is 6.28. The Morgan fingerprint density at radius 1 is 1.10 bits per heavy atom. The van der Waals surface area contributed by atoms with Crippen molar-refractivity contribution in [2.24, 2.45) is 11.3 Å². The second kappa shape index (κ2) is 9.04. The van der Waals surface area contributed by atoms with E-state index in [1.807, 2.05) is 0 Å². The first kappa shape index (κ1) is 18.0. The average molecular weight is 283 g/mol. The van der Waals surface area contributed by atoms with Gasteiger partial charge in [0, 0.05) is 12.6 Å². The molecular formula is C18H37NO. The summed E-state index contributed by atoms with van der Waals surface area (Å²) in [5.74, 6) is 0.888. The molecule has 1 rings (SSSR count). The van der Waals surface area contributed by atoms with E-state index < -0.39 is 0 Å². The van der Waals surface area contributed by atoms with Gasteiger partial charge in [0.05, 0.1) is 6.10 Å². The van der Waals surface area contributed by atoms with Crippen LogP contribution < -0.4 is 5.32 Å². The van der Waals surface area contributed by atoms with Crippen LogP contribution in [0.1, 0.15) is 79.6 Å². The Balaban J connectivity index is 2.43. The minimum absolute atomic E-state index is 0.379. The van der Waals surface area contributed by atoms with Crippen LogP contribution in [0.15, 0.2) is 0 Å². The molecular weight excluding hydrogens is 246 g/mol. The molecule has 2 nitrogen and oxygen atoms in total. The minimum Gasteiger partial charge on any atom is -0.377 e. The first-order valence-electron chi connectivity index (χ1n) is 8.81. The van der Waals surface area contributed by atoms with E-state index in [0.29, 0.717) is 17.6 Å². The van der Waals surface area contributed by atoms with E-state index in [-0.39, 0.29) is 0 Å². The molecule has 0 radical (unpaired) electrons. The molecule has 1 N–H and O–H groups in total. The second-order valence-corrected chi connectivity index (χ2v) is 7.75. The molecule has 120 valence electrons. The zero-order chi connectivity index (χ0) is 15.0. The Hall–Kier alpha value is -0.0800. The number of hydrogen-bond acceptors (Lipinski definition) is 2. The van der Waals surface area contributed by atoms with Crippen molar-refractivity contribution in [3.63, 3.8) is 0 Å². The van der Waals surface area contributed by atoms with Crippen LogP contribution in [-0.2, 0) is 4.74 Å². The van der Waals surface area contributed by atoms with Crippen molar-refractivity contribution >= 4 is 0 Å². The molecule has 0 bridgehead atoms. The number of nitrogens with one attached hydrogen (secondary N) is 1. The number of hydrogen-bond donors (Lipinski definition) is 1. The lowest BCUT2D eigenvalue weighted by molar-refractivity contribution is -0.0198. The quantitative estimate of drug-likeness (QED) is 0.692. The maximum Gasteiger partial charge on any atom is 0.0730 e. The van der Waals surface area contributed by atoms with Crippen LogP contribution in [0.3, 0.4) is 0 Å². The lowest BCUT2D eigenvalue weighted by Crippen LogP contribution is -2.46. The zero-order valence-electron chi connectivity index (χ0n) is 14.5. The minimum atomic E-state index is 0.379. The molecule has 0 aromatic heterocycles. The smallest absolute Gasteiger partial charge is 0.0730 e. The first-order chi connectivity index (χ1) is 9.46. The van der Waals surface area contributed by atoms with Gasteiger partial charge in [-0.1, -0.05) is 47.5 Å². The SMILES string of the molecule is CCCNC1CCC(CCC)CC1OCCC(C)(C)C. The molecule has 1 aliphatic rings. The number of ether oxygens (including phenoxy) is 1. The average Bonchev–Trinajstić information content (AvgIpc) is 2.37. The van der Waals surface area contributed by atoms with Crippen molar-refractivity contribution in [3.05, 3.63) is 0 Å². The van der Waals surface area contributed by atoms with Crippen molar-refractivity contribution in [2.45, 2.75) is 91.7 Å². The largest absolute Gasteiger partial charge is 0.377 e. The third kappa shape index (κ3) is 7.08. The molecule has 0 aliphatic heterocycles. The van der Waals surface area contributed by atoms with E-state index in [1.54, 1.807) is 0 Å². The Kier molecular flexibility index (Phi) is 8.13. The maximum atomic E-state index is 6.28. The fourth-order valence-electron chi connectivity index (χ4n) is 3.15. The predicted molar refractivity (Wildman–Crippen MR) is 88.1 cm³/mol. The van der Waals surface area contributed by atoms with Crippen molar-refractivity contribution in [3.8, 4) is 0 Å². The lowest BCUT2D eigenvalue weighted by atomic mass is 9.81. The molecule has 0 saturated heterocycles. The summed E-state index contributed by atoms with van der Waals surface area (Å²) < 4.78 is 6.28. The molecule has 0 aromatic rings. The molecule has 0 aromatic carbocycles. The van der Waals surface area contributed by atoms with Gasteiger partial charge in [0.2, 0.25) is 0 Å². The molecule has 1 aliphatic carbocycles. The van der Waals surface area contributed by atoms with E-state index in [2.05, 4.69) is 39.9 Å². The van der Waals surface area contributed by atoms with Gasteiger partial charge < -0.3 is 10.1 Å². The summed E-state index contributed by atoms with van der Waals surface area (Å²) in [5.41, 5.74) is 0.379. The molecule has 1 fully saturated rings. The molecule has 2 heteroatoms. The van der Waals surface area contributed by atoms with Crippen LogP contribution in [0.4, 0.5) is 0 Å². The highest BCUT2D eigenvalue weighted by atomic mass is 16.5. The fourth-order valence-corrected chi connectivity index (χ4v) is 3.15. The highest BCUT2D eigenvalue weighted by molar-refractivity contribution is 4.86. The Labute approximate surface area is 127 Å². The normalized spacial score (nSPS) is 27.8. The number of rotatable bonds is 8. The van der Waals surface area contributed by atoms with E-state index in [9.17, 15) is 0 Å². The van der Waals surface area contributed by atoms with Crippen molar-refractivity contribution in [1.82, 2.24) is 5.32 Å². The second-order valence-electron chi connectivity index (χ2n) is 7.75. The van der Waals surface area contributed by atoms with Crippen LogP contribution in [-0.4, -0.2) is 25.3 Å². The lowest BCUT2D eigenvalue weighted by Gasteiger charge is -2.37. The summed E-state index contributed by atoms with van der Waals surface area (Å²) in [7, 11) is 0. The summed E-state index contributed by atoms with van der Waals surface area (Å²) in [5, 5.41) is 3.71. The van der Waals surface area contributed by atoms with Crippen molar-refractivity contribution in [1.29, 1.82) is 0 Å². The third-order valence-corrected chi connectivity index (χ3v) is 4.44. The zero-order valence-corrected chi connectivity index (χ0v) is 14.5. The van der Waals surface area contributed by atoms with Crippen LogP contribution in [0.25, 0.3) is 0 Å². The highest BCUT2D eigenvalue weighted by Gasteiger charge is 2.30. The van der Waals surface area contributed by atoms with Gasteiger partial charge in [-0.15, -0.1) is 0 Å². The first-order valence-corrected chi connectivity index (χ1v) is 8.81. The molecule has 0 heterocycles. The van der Waals surface area contributed by atoms with E-state index >= 15 is 0 Å². The van der Waals surface area contributed by atoms with Crippen LogP contribution >= 0.6 is 0 Å². The Morgan fingerprint density at radius 3 is 2.45 bits per heavy atom. The standard InChI is InChI=1S/C18H37NO/c1-6-8-15-9-10-16(19-12-7-2)17(14-15)20-13-11-18(3,4)5/h15-17,19H,6-14H2,1-5H3. The molecule has 1 saturated carbocycles. The summed E-state index contributed by atoms with van der Waals surface area (Å²) in [6, 6.07) is 0.586. The molecule has 20 heavy (non-hydrogen) atoms. The Morgan fingerprint density at radius 2 is 1.85 bits per heavy atom.